The number of alkyl halides is 4. The summed E-state index contributed by atoms with van der Waals surface area (Å²) in [5.41, 5.74) is 0. The third-order valence-electron chi connectivity index (χ3n) is 1.51. The van der Waals surface area contributed by atoms with Crippen LogP contribution in [-0.2, 0) is 4.74 Å². The zero-order chi connectivity index (χ0) is 10.3. The van der Waals surface area contributed by atoms with Crippen molar-refractivity contribution in [2.24, 2.45) is 5.92 Å². The molecule has 1 nitrogen and oxygen atoms in total. The molecule has 0 radical (unpaired) electrons. The highest BCUT2D eigenvalue weighted by molar-refractivity contribution is 9.09. The molecule has 0 aliphatic rings. The smallest absolute Gasteiger partial charge is 0.372 e. The number of rotatable bonds is 6. The lowest BCUT2D eigenvalue weighted by Gasteiger charge is -2.09. The van der Waals surface area contributed by atoms with E-state index in [4.69, 9.17) is 0 Å². The summed E-state index contributed by atoms with van der Waals surface area (Å²) < 4.78 is 39.2. The number of halogens is 4. The van der Waals surface area contributed by atoms with E-state index in [1.807, 2.05) is 6.92 Å². The van der Waals surface area contributed by atoms with Crippen molar-refractivity contribution < 1.29 is 17.9 Å². The van der Waals surface area contributed by atoms with Gasteiger partial charge in [-0.3, -0.25) is 0 Å². The van der Waals surface area contributed by atoms with E-state index < -0.39 is 12.8 Å². The molecule has 0 spiro atoms. The van der Waals surface area contributed by atoms with E-state index in [0.29, 0.717) is 12.3 Å². The molecule has 0 aromatic carbocycles. The van der Waals surface area contributed by atoms with Gasteiger partial charge in [0.25, 0.3) is 0 Å². The molecule has 13 heavy (non-hydrogen) atoms. The quantitative estimate of drug-likeness (QED) is 0.527. The lowest BCUT2D eigenvalue weighted by Crippen LogP contribution is -2.17. The van der Waals surface area contributed by atoms with Gasteiger partial charge in [-0.1, -0.05) is 22.9 Å². The first-order valence-electron chi connectivity index (χ1n) is 4.16. The van der Waals surface area contributed by atoms with Crippen LogP contribution in [0.15, 0.2) is 0 Å². The second kappa shape index (κ2) is 6.65. The Morgan fingerprint density at radius 1 is 1.38 bits per heavy atom. The molecule has 0 saturated heterocycles. The van der Waals surface area contributed by atoms with Crippen LogP contribution in [0.25, 0.3) is 0 Å². The van der Waals surface area contributed by atoms with Crippen molar-refractivity contribution in [2.75, 3.05) is 18.5 Å². The van der Waals surface area contributed by atoms with Crippen LogP contribution in [0.2, 0.25) is 0 Å². The maximum Gasteiger partial charge on any atom is 0.411 e. The minimum absolute atomic E-state index is 0.191. The van der Waals surface area contributed by atoms with Gasteiger partial charge in [-0.25, -0.2) is 0 Å². The van der Waals surface area contributed by atoms with Crippen LogP contribution in [0.5, 0.6) is 0 Å². The molecule has 80 valence electrons. The van der Waals surface area contributed by atoms with E-state index in [1.54, 1.807) is 0 Å². The van der Waals surface area contributed by atoms with Gasteiger partial charge >= 0.3 is 6.18 Å². The molecule has 0 fully saturated rings. The predicted molar refractivity (Wildman–Crippen MR) is 49.1 cm³/mol. The summed E-state index contributed by atoms with van der Waals surface area (Å²) in [6.07, 6.45) is -2.62. The van der Waals surface area contributed by atoms with Gasteiger partial charge in [-0.05, 0) is 18.8 Å². The molecule has 0 aliphatic heterocycles. The summed E-state index contributed by atoms with van der Waals surface area (Å²) in [5.74, 6) is 0.495. The van der Waals surface area contributed by atoms with Gasteiger partial charge in [0.15, 0.2) is 0 Å². The summed E-state index contributed by atoms with van der Waals surface area (Å²) in [6.45, 7) is 1.10. The highest BCUT2D eigenvalue weighted by Crippen LogP contribution is 2.15. The Morgan fingerprint density at radius 3 is 2.46 bits per heavy atom. The molecule has 0 amide bonds. The fourth-order valence-electron chi connectivity index (χ4n) is 0.799. The summed E-state index contributed by atoms with van der Waals surface area (Å²) >= 11 is 3.29. The Labute approximate surface area is 84.8 Å². The minimum atomic E-state index is -4.19. The number of ether oxygens (including phenoxy) is 1. The molecule has 0 aromatic rings. The molecule has 0 N–H and O–H groups in total. The summed E-state index contributed by atoms with van der Waals surface area (Å²) in [5, 5.41) is 0.881. The maximum absolute atomic E-state index is 11.6. The first-order valence-corrected chi connectivity index (χ1v) is 5.28. The molecule has 5 heteroatoms. The van der Waals surface area contributed by atoms with E-state index >= 15 is 0 Å². The maximum atomic E-state index is 11.6. The SMILES string of the molecule is CC(CBr)CCCOCC(F)(F)F. The number of hydrogen-bond donors (Lipinski definition) is 0. The molecule has 1 unspecified atom stereocenters. The van der Waals surface area contributed by atoms with Crippen LogP contribution in [0.1, 0.15) is 19.8 Å². The van der Waals surface area contributed by atoms with Crippen molar-refractivity contribution in [3.63, 3.8) is 0 Å². The van der Waals surface area contributed by atoms with E-state index in [1.165, 1.54) is 0 Å². The largest absolute Gasteiger partial charge is 0.411 e. The van der Waals surface area contributed by atoms with Crippen molar-refractivity contribution in [2.45, 2.75) is 25.9 Å². The normalized spacial score (nSPS) is 14.5. The van der Waals surface area contributed by atoms with Crippen LogP contribution >= 0.6 is 15.9 Å². The first-order chi connectivity index (χ1) is 5.95. The van der Waals surface area contributed by atoms with Gasteiger partial charge in [-0.15, -0.1) is 0 Å². The summed E-state index contributed by atoms with van der Waals surface area (Å²) in [7, 11) is 0. The standard InChI is InChI=1S/C8H14BrF3O/c1-7(5-9)3-2-4-13-6-8(10,11)12/h7H,2-6H2,1H3. The Hall–Kier alpha value is 0.230. The lowest BCUT2D eigenvalue weighted by molar-refractivity contribution is -0.174. The van der Waals surface area contributed by atoms with E-state index in [9.17, 15) is 13.2 Å². The fourth-order valence-corrected chi connectivity index (χ4v) is 1.12. The van der Waals surface area contributed by atoms with E-state index in [2.05, 4.69) is 20.7 Å². The van der Waals surface area contributed by atoms with Gasteiger partial charge < -0.3 is 4.74 Å². The zero-order valence-electron chi connectivity index (χ0n) is 7.53. The Kier molecular flexibility index (Phi) is 6.77. The first kappa shape index (κ1) is 13.2. The molecule has 0 rings (SSSR count). The lowest BCUT2D eigenvalue weighted by atomic mass is 10.1. The van der Waals surface area contributed by atoms with E-state index in [-0.39, 0.29) is 6.61 Å². The molecule has 1 atom stereocenters. The Morgan fingerprint density at radius 2 is 2.00 bits per heavy atom. The van der Waals surface area contributed by atoms with Gasteiger partial charge in [0.1, 0.15) is 6.61 Å². The second-order valence-corrected chi connectivity index (χ2v) is 3.72. The van der Waals surface area contributed by atoms with Gasteiger partial charge in [0, 0.05) is 11.9 Å². The van der Waals surface area contributed by atoms with Crippen LogP contribution < -0.4 is 0 Å². The predicted octanol–water partition coefficient (Wildman–Crippen LogP) is 3.38. The second-order valence-electron chi connectivity index (χ2n) is 3.07. The molecule has 0 aromatic heterocycles. The molecule has 0 aliphatic carbocycles. The third kappa shape index (κ3) is 10.1. The summed E-state index contributed by atoms with van der Waals surface area (Å²) in [4.78, 5) is 0. The van der Waals surface area contributed by atoms with Crippen molar-refractivity contribution in [3.05, 3.63) is 0 Å². The monoisotopic (exact) mass is 262 g/mol. The van der Waals surface area contributed by atoms with Crippen LogP contribution in [0.3, 0.4) is 0 Å². The number of hydrogen-bond acceptors (Lipinski definition) is 1. The topological polar surface area (TPSA) is 9.23 Å². The summed E-state index contributed by atoms with van der Waals surface area (Å²) in [6, 6.07) is 0. The van der Waals surface area contributed by atoms with Crippen molar-refractivity contribution in [1.82, 2.24) is 0 Å². The van der Waals surface area contributed by atoms with Crippen molar-refractivity contribution in [3.8, 4) is 0 Å². The highest BCUT2D eigenvalue weighted by atomic mass is 79.9. The van der Waals surface area contributed by atoms with Crippen LogP contribution in [0.4, 0.5) is 13.2 Å². The van der Waals surface area contributed by atoms with Gasteiger partial charge in [0.05, 0.1) is 0 Å². The van der Waals surface area contributed by atoms with Crippen LogP contribution in [0, 0.1) is 5.92 Å². The van der Waals surface area contributed by atoms with Gasteiger partial charge in [-0.2, -0.15) is 13.2 Å². The Bertz CT molecular complexity index is 127. The Balaban J connectivity index is 3.18. The molecule has 0 bridgehead atoms. The molecule has 0 saturated carbocycles. The average molecular weight is 263 g/mol. The average Bonchev–Trinajstić information content (AvgIpc) is 2.01. The molecule has 0 heterocycles. The highest BCUT2D eigenvalue weighted by Gasteiger charge is 2.27. The van der Waals surface area contributed by atoms with Crippen LogP contribution in [-0.4, -0.2) is 24.7 Å². The molecular formula is C8H14BrF3O. The fraction of sp³-hybridized carbons (Fsp3) is 1.00. The third-order valence-corrected chi connectivity index (χ3v) is 2.62. The molecular weight excluding hydrogens is 249 g/mol. The van der Waals surface area contributed by atoms with Crippen molar-refractivity contribution in [1.29, 1.82) is 0 Å². The zero-order valence-corrected chi connectivity index (χ0v) is 9.12. The van der Waals surface area contributed by atoms with E-state index in [0.717, 1.165) is 11.8 Å². The minimum Gasteiger partial charge on any atom is -0.372 e. The van der Waals surface area contributed by atoms with Gasteiger partial charge in [0.2, 0.25) is 0 Å². The van der Waals surface area contributed by atoms with Crippen molar-refractivity contribution >= 4 is 15.9 Å².